The number of aryl methyl sites for hydroxylation is 2. The molecule has 0 unspecified atom stereocenters. The first-order valence-electron chi connectivity index (χ1n) is 9.49. The summed E-state index contributed by atoms with van der Waals surface area (Å²) >= 11 is 7.43. The fourth-order valence-corrected chi connectivity index (χ4v) is 5.68. The molecule has 3 rings (SSSR count). The molecule has 2 aromatic rings. The number of sulfonamides is 1. The molecule has 1 aliphatic rings. The average Bonchev–Trinajstić information content (AvgIpc) is 2.98. The zero-order valence-electron chi connectivity index (χ0n) is 16.7. The van der Waals surface area contributed by atoms with E-state index in [1.807, 2.05) is 6.07 Å². The van der Waals surface area contributed by atoms with Crippen molar-refractivity contribution in [1.82, 2.24) is 4.31 Å². The first kappa shape index (κ1) is 22.7. The van der Waals surface area contributed by atoms with Gasteiger partial charge in [-0.3, -0.25) is 4.79 Å². The molecule has 0 atom stereocenters. The largest absolute Gasteiger partial charge is 0.451 e. The van der Waals surface area contributed by atoms with E-state index in [-0.39, 0.29) is 15.6 Å². The molecule has 1 aromatic carbocycles. The molecular weight excluding hydrogens is 448 g/mol. The number of thiophene rings is 1. The molecule has 0 fully saturated rings. The smallest absolute Gasteiger partial charge is 0.348 e. The molecule has 30 heavy (non-hydrogen) atoms. The fourth-order valence-electron chi connectivity index (χ4n) is 3.14. The lowest BCUT2D eigenvalue weighted by Gasteiger charge is -2.14. The molecule has 162 valence electrons. The van der Waals surface area contributed by atoms with E-state index in [9.17, 15) is 18.0 Å². The van der Waals surface area contributed by atoms with Crippen molar-refractivity contribution in [2.45, 2.75) is 37.0 Å². The van der Waals surface area contributed by atoms with Gasteiger partial charge in [0.15, 0.2) is 6.61 Å². The van der Waals surface area contributed by atoms with Crippen LogP contribution in [0.4, 0.5) is 5.69 Å². The number of nitrogens with one attached hydrogen (secondary N) is 1. The molecule has 0 radical (unpaired) electrons. The highest BCUT2D eigenvalue weighted by Crippen LogP contribution is 2.29. The second-order valence-corrected chi connectivity index (χ2v) is 10.8. The monoisotopic (exact) mass is 470 g/mol. The quantitative estimate of drug-likeness (QED) is 0.513. The standard InChI is InChI=1S/C20H23ClN2O5S2/c1-23(2)30(26,27)18-11-14(8-9-15(18)21)22-19(24)12-28-20(25)17-10-13-6-4-3-5-7-16(13)29-17/h8-11H,3-7,12H2,1-2H3,(H,22,24). The lowest BCUT2D eigenvalue weighted by Crippen LogP contribution is -2.23. The van der Waals surface area contributed by atoms with Crippen molar-refractivity contribution in [3.8, 4) is 0 Å². The van der Waals surface area contributed by atoms with E-state index in [2.05, 4.69) is 5.32 Å². The first-order chi connectivity index (χ1) is 14.2. The van der Waals surface area contributed by atoms with Crippen molar-refractivity contribution in [3.63, 3.8) is 0 Å². The second kappa shape index (κ2) is 9.47. The van der Waals surface area contributed by atoms with E-state index in [0.717, 1.165) is 30.0 Å². The van der Waals surface area contributed by atoms with Crippen molar-refractivity contribution >= 4 is 50.5 Å². The molecule has 1 heterocycles. The van der Waals surface area contributed by atoms with Crippen LogP contribution in [0, 0.1) is 0 Å². The number of amides is 1. The molecule has 0 saturated carbocycles. The zero-order chi connectivity index (χ0) is 21.9. The Balaban J connectivity index is 1.62. The number of fused-ring (bicyclic) bond motifs is 1. The van der Waals surface area contributed by atoms with Gasteiger partial charge in [0, 0.05) is 24.7 Å². The van der Waals surface area contributed by atoms with Gasteiger partial charge in [-0.1, -0.05) is 18.0 Å². The predicted octanol–water partition coefficient (Wildman–Crippen LogP) is 3.72. The lowest BCUT2D eigenvalue weighted by atomic mass is 10.1. The van der Waals surface area contributed by atoms with Crippen molar-refractivity contribution in [2.24, 2.45) is 0 Å². The topological polar surface area (TPSA) is 92.8 Å². The van der Waals surface area contributed by atoms with E-state index >= 15 is 0 Å². The number of carbonyl (C=O) groups excluding carboxylic acids is 2. The Bertz CT molecular complexity index is 1040. The number of benzene rings is 1. The highest BCUT2D eigenvalue weighted by atomic mass is 35.5. The number of halogens is 1. The number of nitrogens with zero attached hydrogens (tertiary/aromatic N) is 1. The molecule has 1 N–H and O–H groups in total. The summed E-state index contributed by atoms with van der Waals surface area (Å²) in [4.78, 5) is 26.1. The van der Waals surface area contributed by atoms with Crippen LogP contribution in [0.3, 0.4) is 0 Å². The van der Waals surface area contributed by atoms with Crippen LogP contribution < -0.4 is 5.32 Å². The molecule has 0 saturated heterocycles. The first-order valence-corrected chi connectivity index (χ1v) is 12.1. The van der Waals surface area contributed by atoms with Gasteiger partial charge in [0.05, 0.1) is 5.02 Å². The molecule has 1 aromatic heterocycles. The third-order valence-electron chi connectivity index (χ3n) is 4.76. The van der Waals surface area contributed by atoms with Gasteiger partial charge in [0.1, 0.15) is 9.77 Å². The number of hydrogen-bond acceptors (Lipinski definition) is 6. The molecule has 0 spiro atoms. The van der Waals surface area contributed by atoms with Gasteiger partial charge in [-0.05, 0) is 55.5 Å². The van der Waals surface area contributed by atoms with E-state index in [0.29, 0.717) is 4.88 Å². The van der Waals surface area contributed by atoms with Gasteiger partial charge in [-0.25, -0.2) is 17.5 Å². The fraction of sp³-hybridized carbons (Fsp3) is 0.400. The minimum absolute atomic E-state index is 0.0468. The van der Waals surface area contributed by atoms with Gasteiger partial charge in [-0.2, -0.15) is 0 Å². The molecule has 0 aliphatic heterocycles. The highest BCUT2D eigenvalue weighted by molar-refractivity contribution is 7.89. The Morgan fingerprint density at radius 1 is 1.17 bits per heavy atom. The third kappa shape index (κ3) is 5.21. The Hall–Kier alpha value is -1.94. The van der Waals surface area contributed by atoms with Crippen LogP contribution in [-0.2, 0) is 32.4 Å². The zero-order valence-corrected chi connectivity index (χ0v) is 19.1. The third-order valence-corrected chi connectivity index (χ3v) is 8.27. The minimum atomic E-state index is -3.77. The maximum Gasteiger partial charge on any atom is 0.348 e. The van der Waals surface area contributed by atoms with Crippen LogP contribution in [0.1, 0.15) is 39.4 Å². The highest BCUT2D eigenvalue weighted by Gasteiger charge is 2.22. The van der Waals surface area contributed by atoms with Gasteiger partial charge in [0.2, 0.25) is 10.0 Å². The number of ether oxygens (including phenoxy) is 1. The van der Waals surface area contributed by atoms with Gasteiger partial charge in [0.25, 0.3) is 5.91 Å². The Morgan fingerprint density at radius 3 is 2.63 bits per heavy atom. The van der Waals surface area contributed by atoms with Crippen LogP contribution in [0.5, 0.6) is 0 Å². The summed E-state index contributed by atoms with van der Waals surface area (Å²) in [5.74, 6) is -1.10. The van der Waals surface area contributed by atoms with E-state index in [4.69, 9.17) is 16.3 Å². The summed E-state index contributed by atoms with van der Waals surface area (Å²) in [5.41, 5.74) is 1.44. The summed E-state index contributed by atoms with van der Waals surface area (Å²) in [6, 6.07) is 6.00. The predicted molar refractivity (Wildman–Crippen MR) is 117 cm³/mol. The summed E-state index contributed by atoms with van der Waals surface area (Å²) in [6.45, 7) is -0.472. The molecule has 1 amide bonds. The number of hydrogen-bond donors (Lipinski definition) is 1. The van der Waals surface area contributed by atoms with Gasteiger partial charge < -0.3 is 10.1 Å². The lowest BCUT2D eigenvalue weighted by molar-refractivity contribution is -0.119. The second-order valence-electron chi connectivity index (χ2n) is 7.18. The van der Waals surface area contributed by atoms with Gasteiger partial charge in [-0.15, -0.1) is 11.3 Å². The van der Waals surface area contributed by atoms with Gasteiger partial charge >= 0.3 is 5.97 Å². The average molecular weight is 471 g/mol. The van der Waals surface area contributed by atoms with Crippen LogP contribution in [0.15, 0.2) is 29.2 Å². The Morgan fingerprint density at radius 2 is 1.90 bits per heavy atom. The van der Waals surface area contributed by atoms with Crippen molar-refractivity contribution in [2.75, 3.05) is 26.0 Å². The molecule has 1 aliphatic carbocycles. The summed E-state index contributed by atoms with van der Waals surface area (Å²) in [7, 11) is -0.987. The molecular formula is C20H23ClN2O5S2. The van der Waals surface area contributed by atoms with Crippen molar-refractivity contribution < 1.29 is 22.7 Å². The van der Waals surface area contributed by atoms with Crippen LogP contribution in [0.2, 0.25) is 5.02 Å². The Kier molecular flexibility index (Phi) is 7.18. The SMILES string of the molecule is CN(C)S(=O)(=O)c1cc(NC(=O)COC(=O)c2cc3c(s2)CCCCC3)ccc1Cl. The number of carbonyl (C=O) groups is 2. The minimum Gasteiger partial charge on any atom is -0.451 e. The maximum absolute atomic E-state index is 12.3. The van der Waals surface area contributed by atoms with E-state index in [1.54, 1.807) is 0 Å². The molecule has 0 bridgehead atoms. The van der Waals surface area contributed by atoms with E-state index < -0.39 is 28.5 Å². The number of anilines is 1. The van der Waals surface area contributed by atoms with Crippen molar-refractivity contribution in [3.05, 3.63) is 44.6 Å². The summed E-state index contributed by atoms with van der Waals surface area (Å²) < 4.78 is 30.8. The number of esters is 1. The summed E-state index contributed by atoms with van der Waals surface area (Å²) in [5, 5.41) is 2.58. The van der Waals surface area contributed by atoms with Crippen molar-refractivity contribution in [1.29, 1.82) is 0 Å². The normalized spacial score (nSPS) is 14.1. The van der Waals surface area contributed by atoms with Crippen LogP contribution in [-0.4, -0.2) is 45.3 Å². The molecule has 10 heteroatoms. The summed E-state index contributed by atoms with van der Waals surface area (Å²) in [6.07, 6.45) is 5.38. The van der Waals surface area contributed by atoms with Crippen LogP contribution in [0.25, 0.3) is 0 Å². The van der Waals surface area contributed by atoms with Crippen LogP contribution >= 0.6 is 22.9 Å². The number of rotatable bonds is 6. The Labute approximate surface area is 185 Å². The molecule has 7 nitrogen and oxygen atoms in total. The maximum atomic E-state index is 12.3. The van der Waals surface area contributed by atoms with E-state index in [1.165, 1.54) is 60.5 Å².